The van der Waals surface area contributed by atoms with E-state index in [-0.39, 0.29) is 30.1 Å². The highest BCUT2D eigenvalue weighted by Crippen LogP contribution is 2.18. The van der Waals surface area contributed by atoms with Crippen molar-refractivity contribution < 1.29 is 13.2 Å². The summed E-state index contributed by atoms with van der Waals surface area (Å²) in [5.74, 6) is -0.164. The second-order valence-electron chi connectivity index (χ2n) is 6.32. The summed E-state index contributed by atoms with van der Waals surface area (Å²) >= 11 is 0. The average Bonchev–Trinajstić information content (AvgIpc) is 2.62. The molecule has 0 spiro atoms. The first-order valence-electron chi connectivity index (χ1n) is 8.36. The summed E-state index contributed by atoms with van der Waals surface area (Å²) < 4.78 is 25.1. The lowest BCUT2D eigenvalue weighted by Crippen LogP contribution is -2.52. The van der Waals surface area contributed by atoms with E-state index in [2.05, 4.69) is 5.32 Å². The third-order valence-corrected chi connectivity index (χ3v) is 6.10. The number of carbonyl (C=O) groups is 1. The van der Waals surface area contributed by atoms with Crippen LogP contribution in [0.25, 0.3) is 0 Å². The Balaban J connectivity index is 0.00000243. The van der Waals surface area contributed by atoms with Crippen LogP contribution in [0.3, 0.4) is 0 Å². The van der Waals surface area contributed by atoms with Crippen LogP contribution in [0.4, 0.5) is 0 Å². The van der Waals surface area contributed by atoms with Crippen molar-refractivity contribution in [2.75, 3.05) is 19.6 Å². The smallest absolute Gasteiger partial charge is 0.254 e. The summed E-state index contributed by atoms with van der Waals surface area (Å²) in [5, 5.41) is 3.26. The Morgan fingerprint density at radius 2 is 1.88 bits per heavy atom. The van der Waals surface area contributed by atoms with Gasteiger partial charge in [-0.3, -0.25) is 4.79 Å². The highest BCUT2D eigenvalue weighted by molar-refractivity contribution is 7.90. The maximum absolute atomic E-state index is 12.7. The van der Waals surface area contributed by atoms with Gasteiger partial charge in [0.25, 0.3) is 5.91 Å². The first-order chi connectivity index (χ1) is 12.0. The highest BCUT2D eigenvalue weighted by Gasteiger charge is 2.24. The van der Waals surface area contributed by atoms with Gasteiger partial charge in [0.15, 0.2) is 9.84 Å². The molecule has 0 unspecified atom stereocenters. The van der Waals surface area contributed by atoms with Crippen molar-refractivity contribution in [3.63, 3.8) is 0 Å². The zero-order valence-electron chi connectivity index (χ0n) is 14.6. The third-order valence-electron chi connectivity index (χ3n) is 4.40. The molecular formula is C19H23ClN2O3S. The van der Waals surface area contributed by atoms with Gasteiger partial charge < -0.3 is 10.2 Å². The predicted octanol–water partition coefficient (Wildman–Crippen LogP) is 2.52. The van der Waals surface area contributed by atoms with Gasteiger partial charge in [0.05, 0.1) is 10.6 Å². The normalized spacial score (nSPS) is 17.4. The Morgan fingerprint density at radius 1 is 1.15 bits per heavy atom. The van der Waals surface area contributed by atoms with Gasteiger partial charge in [-0.05, 0) is 36.8 Å². The van der Waals surface area contributed by atoms with Crippen molar-refractivity contribution in [2.24, 2.45) is 0 Å². The fourth-order valence-electron chi connectivity index (χ4n) is 3.03. The van der Waals surface area contributed by atoms with E-state index >= 15 is 0 Å². The monoisotopic (exact) mass is 394 g/mol. The number of nitrogens with zero attached hydrogens (tertiary/aromatic N) is 1. The van der Waals surface area contributed by atoms with E-state index in [0.717, 1.165) is 13.1 Å². The fraction of sp³-hybridized carbons (Fsp3) is 0.316. The summed E-state index contributed by atoms with van der Waals surface area (Å²) in [6, 6.07) is 15.4. The molecule has 0 aliphatic carbocycles. The van der Waals surface area contributed by atoms with Crippen LogP contribution in [-0.4, -0.2) is 44.9 Å². The van der Waals surface area contributed by atoms with E-state index in [0.29, 0.717) is 22.6 Å². The summed E-state index contributed by atoms with van der Waals surface area (Å²) in [6.45, 7) is 4.21. The molecule has 1 aliphatic rings. The van der Waals surface area contributed by atoms with Crippen LogP contribution < -0.4 is 5.32 Å². The van der Waals surface area contributed by atoms with Crippen molar-refractivity contribution in [3.05, 3.63) is 65.7 Å². The number of rotatable bonds is 4. The van der Waals surface area contributed by atoms with Gasteiger partial charge >= 0.3 is 0 Å². The Labute approximate surface area is 160 Å². The maximum atomic E-state index is 12.7. The lowest BCUT2D eigenvalue weighted by molar-refractivity contribution is 0.0655. The zero-order valence-corrected chi connectivity index (χ0v) is 16.2. The van der Waals surface area contributed by atoms with Gasteiger partial charge in [0, 0.05) is 31.2 Å². The summed E-state index contributed by atoms with van der Waals surface area (Å²) in [6.07, 6.45) is 0. The van der Waals surface area contributed by atoms with Gasteiger partial charge in [0.2, 0.25) is 0 Å². The predicted molar refractivity (Wildman–Crippen MR) is 104 cm³/mol. The van der Waals surface area contributed by atoms with Gasteiger partial charge in [-0.1, -0.05) is 30.3 Å². The van der Waals surface area contributed by atoms with E-state index in [4.69, 9.17) is 0 Å². The molecule has 0 radical (unpaired) electrons. The van der Waals surface area contributed by atoms with E-state index in [1.54, 1.807) is 54.6 Å². The fourth-order valence-corrected chi connectivity index (χ4v) is 4.39. The van der Waals surface area contributed by atoms with Crippen molar-refractivity contribution in [1.29, 1.82) is 0 Å². The molecule has 26 heavy (non-hydrogen) atoms. The standard InChI is InChI=1S/C19H22N2O3S.ClH/c1-15-13-20-10-11-21(15)19(22)17-7-5-6-16(12-17)14-25(23,24)18-8-3-2-4-9-18;/h2-9,12,15,20H,10-11,13-14H2,1H3;1H/t15-;/m0./s1. The Hall–Kier alpha value is -1.89. The molecule has 0 saturated carbocycles. The quantitative estimate of drug-likeness (QED) is 0.865. The minimum atomic E-state index is -3.43. The molecule has 3 rings (SSSR count). The topological polar surface area (TPSA) is 66.5 Å². The number of hydrogen-bond donors (Lipinski definition) is 1. The molecule has 2 aromatic carbocycles. The molecule has 1 N–H and O–H groups in total. The van der Waals surface area contributed by atoms with Gasteiger partial charge in [0.1, 0.15) is 0 Å². The number of halogens is 1. The minimum absolute atomic E-state index is 0. The second-order valence-corrected chi connectivity index (χ2v) is 8.31. The molecule has 1 heterocycles. The number of sulfone groups is 1. The van der Waals surface area contributed by atoms with E-state index in [1.165, 1.54) is 0 Å². The highest BCUT2D eigenvalue weighted by atomic mass is 35.5. The van der Waals surface area contributed by atoms with E-state index < -0.39 is 9.84 Å². The molecule has 1 atom stereocenters. The molecule has 1 amide bonds. The minimum Gasteiger partial charge on any atom is -0.333 e. The molecule has 7 heteroatoms. The SMILES string of the molecule is C[C@H]1CNCCN1C(=O)c1cccc(CS(=O)(=O)c2ccccc2)c1.Cl. The Kier molecular flexibility index (Phi) is 6.81. The number of piperazine rings is 1. The number of carbonyl (C=O) groups excluding carboxylic acids is 1. The van der Waals surface area contributed by atoms with Crippen LogP contribution in [0.1, 0.15) is 22.8 Å². The average molecular weight is 395 g/mol. The van der Waals surface area contributed by atoms with Crippen molar-refractivity contribution >= 4 is 28.2 Å². The maximum Gasteiger partial charge on any atom is 0.254 e. The van der Waals surface area contributed by atoms with Crippen LogP contribution in [-0.2, 0) is 15.6 Å². The molecule has 5 nitrogen and oxygen atoms in total. The van der Waals surface area contributed by atoms with Crippen LogP contribution in [0.15, 0.2) is 59.5 Å². The van der Waals surface area contributed by atoms with Gasteiger partial charge in [-0.2, -0.15) is 0 Å². The van der Waals surface area contributed by atoms with E-state index in [9.17, 15) is 13.2 Å². The summed E-state index contributed by atoms with van der Waals surface area (Å²) in [7, 11) is -3.43. The zero-order chi connectivity index (χ0) is 17.9. The van der Waals surface area contributed by atoms with Crippen LogP contribution >= 0.6 is 12.4 Å². The third kappa shape index (κ3) is 4.63. The molecule has 0 bridgehead atoms. The number of hydrogen-bond acceptors (Lipinski definition) is 4. The Morgan fingerprint density at radius 3 is 2.58 bits per heavy atom. The second kappa shape index (κ2) is 8.66. The lowest BCUT2D eigenvalue weighted by atomic mass is 10.1. The summed E-state index contributed by atoms with van der Waals surface area (Å²) in [4.78, 5) is 14.9. The number of amides is 1. The number of benzene rings is 2. The van der Waals surface area contributed by atoms with Crippen LogP contribution in [0.2, 0.25) is 0 Å². The summed E-state index contributed by atoms with van der Waals surface area (Å²) in [5.41, 5.74) is 1.16. The van der Waals surface area contributed by atoms with Crippen molar-refractivity contribution in [2.45, 2.75) is 23.6 Å². The first-order valence-corrected chi connectivity index (χ1v) is 10.0. The van der Waals surface area contributed by atoms with Crippen molar-refractivity contribution in [1.82, 2.24) is 10.2 Å². The molecule has 140 valence electrons. The Bertz CT molecular complexity index is 856. The molecule has 2 aromatic rings. The van der Waals surface area contributed by atoms with Gasteiger partial charge in [-0.25, -0.2) is 8.42 Å². The first kappa shape index (κ1) is 20.4. The molecule has 1 fully saturated rings. The number of nitrogens with one attached hydrogen (secondary N) is 1. The molecule has 1 saturated heterocycles. The lowest BCUT2D eigenvalue weighted by Gasteiger charge is -2.34. The van der Waals surface area contributed by atoms with Crippen LogP contribution in [0.5, 0.6) is 0 Å². The van der Waals surface area contributed by atoms with E-state index in [1.807, 2.05) is 11.8 Å². The van der Waals surface area contributed by atoms with Crippen molar-refractivity contribution in [3.8, 4) is 0 Å². The van der Waals surface area contributed by atoms with Gasteiger partial charge in [-0.15, -0.1) is 12.4 Å². The molecular weight excluding hydrogens is 372 g/mol. The largest absolute Gasteiger partial charge is 0.333 e. The molecule has 1 aliphatic heterocycles. The van der Waals surface area contributed by atoms with Crippen LogP contribution in [0, 0.1) is 0 Å². The molecule has 0 aromatic heterocycles.